The van der Waals surface area contributed by atoms with E-state index in [4.69, 9.17) is 4.74 Å². The maximum Gasteiger partial charge on any atom is 0.276 e. The quantitative estimate of drug-likeness (QED) is 0.443. The molecule has 0 saturated heterocycles. The van der Waals surface area contributed by atoms with Gasteiger partial charge in [0.05, 0.1) is 5.69 Å². The van der Waals surface area contributed by atoms with E-state index >= 15 is 0 Å². The van der Waals surface area contributed by atoms with Crippen LogP contribution >= 0.6 is 0 Å². The Labute approximate surface area is 199 Å². The molecule has 4 aromatic rings. The third-order valence-electron chi connectivity index (χ3n) is 4.93. The van der Waals surface area contributed by atoms with Crippen molar-refractivity contribution in [2.24, 2.45) is 0 Å². The molecular formula is C25H20FN5O4. The van der Waals surface area contributed by atoms with Crippen molar-refractivity contribution in [1.82, 2.24) is 20.1 Å². The average Bonchev–Trinajstić information content (AvgIpc) is 2.85. The number of rotatable bonds is 6. The molecule has 0 aliphatic heterocycles. The van der Waals surface area contributed by atoms with Gasteiger partial charge in [-0.25, -0.2) is 4.39 Å². The zero-order chi connectivity index (χ0) is 24.9. The van der Waals surface area contributed by atoms with Crippen molar-refractivity contribution in [3.8, 4) is 17.2 Å². The Morgan fingerprint density at radius 1 is 0.971 bits per heavy atom. The second kappa shape index (κ2) is 9.96. The Balaban J connectivity index is 1.50. The molecule has 10 heteroatoms. The molecule has 0 radical (unpaired) electrons. The Kier molecular flexibility index (Phi) is 6.63. The van der Waals surface area contributed by atoms with Crippen LogP contribution in [-0.2, 0) is 0 Å². The summed E-state index contributed by atoms with van der Waals surface area (Å²) in [5, 5.41) is 9.36. The lowest BCUT2D eigenvalue weighted by molar-refractivity contribution is 0.0956. The van der Waals surface area contributed by atoms with Crippen LogP contribution in [0.2, 0.25) is 0 Å². The van der Waals surface area contributed by atoms with Gasteiger partial charge in [0.2, 0.25) is 0 Å². The van der Waals surface area contributed by atoms with E-state index in [1.807, 2.05) is 0 Å². The Bertz CT molecular complexity index is 1470. The zero-order valence-electron chi connectivity index (χ0n) is 18.8. The molecule has 2 aromatic heterocycles. The minimum Gasteiger partial charge on any atom is -0.457 e. The molecule has 0 aliphatic carbocycles. The van der Waals surface area contributed by atoms with Gasteiger partial charge in [0.15, 0.2) is 5.69 Å². The van der Waals surface area contributed by atoms with Crippen LogP contribution in [0.3, 0.4) is 0 Å². The molecule has 2 heterocycles. The molecular weight excluding hydrogens is 453 g/mol. The van der Waals surface area contributed by atoms with Crippen molar-refractivity contribution in [1.29, 1.82) is 0 Å². The summed E-state index contributed by atoms with van der Waals surface area (Å²) < 4.78 is 20.3. The number of nitrogens with one attached hydrogen (secondary N) is 2. The second-order valence-electron chi connectivity index (χ2n) is 7.44. The average molecular weight is 473 g/mol. The standard InChI is InChI=1S/C25H20FN5O4/c1-15-12-22(32)31(18-5-3-4-16(26)13-18)30-23(15)25(34)29-17-6-8-19(9-7-17)35-20-10-11-28-21(14-20)24(33)27-2/h3-14H,1-2H3,(H,27,33)(H,29,34). The molecule has 4 rings (SSSR count). The molecule has 0 fully saturated rings. The van der Waals surface area contributed by atoms with E-state index in [9.17, 15) is 18.8 Å². The van der Waals surface area contributed by atoms with Gasteiger partial charge < -0.3 is 15.4 Å². The lowest BCUT2D eigenvalue weighted by atomic mass is 10.2. The maximum absolute atomic E-state index is 13.6. The zero-order valence-corrected chi connectivity index (χ0v) is 18.8. The van der Waals surface area contributed by atoms with Gasteiger partial charge in [-0.3, -0.25) is 19.4 Å². The van der Waals surface area contributed by atoms with Crippen LogP contribution in [0.5, 0.6) is 11.5 Å². The number of aromatic nitrogens is 3. The number of anilines is 1. The number of hydrogen-bond donors (Lipinski definition) is 2. The van der Waals surface area contributed by atoms with E-state index < -0.39 is 17.3 Å². The summed E-state index contributed by atoms with van der Waals surface area (Å²) in [6.45, 7) is 1.60. The first-order valence-electron chi connectivity index (χ1n) is 10.5. The number of halogens is 1. The van der Waals surface area contributed by atoms with E-state index in [1.54, 1.807) is 37.3 Å². The Morgan fingerprint density at radius 2 is 1.74 bits per heavy atom. The van der Waals surface area contributed by atoms with Gasteiger partial charge in [-0.15, -0.1) is 0 Å². The first-order chi connectivity index (χ1) is 16.8. The third-order valence-corrected chi connectivity index (χ3v) is 4.93. The van der Waals surface area contributed by atoms with Crippen molar-refractivity contribution in [2.75, 3.05) is 12.4 Å². The predicted octanol–water partition coefficient (Wildman–Crippen LogP) is 3.48. The summed E-state index contributed by atoms with van der Waals surface area (Å²) in [4.78, 5) is 40.9. The number of carbonyl (C=O) groups is 2. The Morgan fingerprint density at radius 3 is 2.46 bits per heavy atom. The van der Waals surface area contributed by atoms with Crippen LogP contribution in [0.1, 0.15) is 26.5 Å². The molecule has 0 bridgehead atoms. The first-order valence-corrected chi connectivity index (χ1v) is 10.5. The van der Waals surface area contributed by atoms with E-state index in [-0.39, 0.29) is 23.0 Å². The number of pyridine rings is 1. The molecule has 2 aromatic carbocycles. The fourth-order valence-electron chi connectivity index (χ4n) is 3.22. The monoisotopic (exact) mass is 473 g/mol. The summed E-state index contributed by atoms with van der Waals surface area (Å²) in [5.41, 5.74) is 0.810. The van der Waals surface area contributed by atoms with Gasteiger partial charge in [-0.2, -0.15) is 9.78 Å². The van der Waals surface area contributed by atoms with Crippen LogP contribution in [0, 0.1) is 12.7 Å². The molecule has 0 saturated carbocycles. The lowest BCUT2D eigenvalue weighted by Gasteiger charge is -2.11. The smallest absolute Gasteiger partial charge is 0.276 e. The SMILES string of the molecule is CNC(=O)c1cc(Oc2ccc(NC(=O)c3nn(-c4cccc(F)c4)c(=O)cc3C)cc2)ccn1. The molecule has 0 spiro atoms. The highest BCUT2D eigenvalue weighted by Crippen LogP contribution is 2.23. The van der Waals surface area contributed by atoms with Crippen LogP contribution < -0.4 is 20.9 Å². The maximum atomic E-state index is 13.6. The molecule has 0 atom stereocenters. The highest BCUT2D eigenvalue weighted by atomic mass is 19.1. The van der Waals surface area contributed by atoms with E-state index in [1.165, 1.54) is 43.6 Å². The fourth-order valence-corrected chi connectivity index (χ4v) is 3.22. The van der Waals surface area contributed by atoms with E-state index in [2.05, 4.69) is 20.7 Å². The van der Waals surface area contributed by atoms with Gasteiger partial charge in [0.1, 0.15) is 23.0 Å². The fraction of sp³-hybridized carbons (Fsp3) is 0.0800. The summed E-state index contributed by atoms with van der Waals surface area (Å²) in [6.07, 6.45) is 1.47. The molecule has 2 N–H and O–H groups in total. The second-order valence-corrected chi connectivity index (χ2v) is 7.44. The number of ether oxygens (including phenoxy) is 1. The highest BCUT2D eigenvalue weighted by Gasteiger charge is 2.15. The van der Waals surface area contributed by atoms with Crippen molar-refractivity contribution < 1.29 is 18.7 Å². The largest absolute Gasteiger partial charge is 0.457 e. The molecule has 0 aliphatic rings. The topological polar surface area (TPSA) is 115 Å². The molecule has 176 valence electrons. The molecule has 35 heavy (non-hydrogen) atoms. The van der Waals surface area contributed by atoms with Gasteiger partial charge in [-0.1, -0.05) is 6.07 Å². The number of carbonyl (C=O) groups excluding carboxylic acids is 2. The van der Waals surface area contributed by atoms with Crippen molar-refractivity contribution >= 4 is 17.5 Å². The summed E-state index contributed by atoms with van der Waals surface area (Å²) >= 11 is 0. The van der Waals surface area contributed by atoms with Gasteiger partial charge in [0.25, 0.3) is 17.4 Å². The summed E-state index contributed by atoms with van der Waals surface area (Å²) in [5.74, 6) is -0.491. The predicted molar refractivity (Wildman–Crippen MR) is 127 cm³/mol. The highest BCUT2D eigenvalue weighted by molar-refractivity contribution is 6.03. The molecule has 2 amide bonds. The van der Waals surface area contributed by atoms with Crippen molar-refractivity contribution in [3.05, 3.63) is 106 Å². The van der Waals surface area contributed by atoms with Crippen molar-refractivity contribution in [2.45, 2.75) is 6.92 Å². The summed E-state index contributed by atoms with van der Waals surface area (Å²) in [6, 6.07) is 16.3. The van der Waals surface area contributed by atoms with Gasteiger partial charge in [0, 0.05) is 31.1 Å². The Hall–Kier alpha value is -4.86. The number of aryl methyl sites for hydroxylation is 1. The third kappa shape index (κ3) is 5.38. The molecule has 0 unspecified atom stereocenters. The van der Waals surface area contributed by atoms with E-state index in [0.29, 0.717) is 22.7 Å². The van der Waals surface area contributed by atoms with Crippen LogP contribution in [0.15, 0.2) is 77.7 Å². The molecule has 9 nitrogen and oxygen atoms in total. The van der Waals surface area contributed by atoms with Crippen LogP contribution in [-0.4, -0.2) is 33.6 Å². The number of amides is 2. The lowest BCUT2D eigenvalue weighted by Crippen LogP contribution is -2.26. The van der Waals surface area contributed by atoms with Crippen LogP contribution in [0.4, 0.5) is 10.1 Å². The number of benzene rings is 2. The normalized spacial score (nSPS) is 10.5. The minimum absolute atomic E-state index is 0.0210. The van der Waals surface area contributed by atoms with Gasteiger partial charge in [-0.05, 0) is 61.0 Å². The van der Waals surface area contributed by atoms with Crippen LogP contribution in [0.25, 0.3) is 5.69 Å². The van der Waals surface area contributed by atoms with Crippen molar-refractivity contribution in [3.63, 3.8) is 0 Å². The summed E-state index contributed by atoms with van der Waals surface area (Å²) in [7, 11) is 1.51. The number of nitrogens with zero attached hydrogens (tertiary/aromatic N) is 3. The van der Waals surface area contributed by atoms with Gasteiger partial charge >= 0.3 is 0 Å². The number of hydrogen-bond acceptors (Lipinski definition) is 6. The first kappa shape index (κ1) is 23.3. The minimum atomic E-state index is -0.536. The van der Waals surface area contributed by atoms with E-state index in [0.717, 1.165) is 10.7 Å².